The first-order valence-electron chi connectivity index (χ1n) is 5.83. The van der Waals surface area contributed by atoms with E-state index in [1.807, 2.05) is 18.2 Å². The van der Waals surface area contributed by atoms with Crippen LogP contribution in [0.5, 0.6) is 17.2 Å². The lowest BCUT2D eigenvalue weighted by molar-refractivity contribution is 0.173. The van der Waals surface area contributed by atoms with Gasteiger partial charge in [0, 0.05) is 11.8 Å². The standard InChI is InChI=1S/C12H12N2O3S2/c1(5-18-12-14-13-7-19-12)4-15-9-2-3-10-11(6-9)17-8-16-10/h2-3,6-7H,1,4-5,8H2. The van der Waals surface area contributed by atoms with Crippen LogP contribution in [0.4, 0.5) is 0 Å². The molecule has 0 atom stereocenters. The highest BCUT2D eigenvalue weighted by Gasteiger charge is 2.13. The number of aromatic nitrogens is 2. The van der Waals surface area contributed by atoms with Crippen LogP contribution in [0.2, 0.25) is 0 Å². The van der Waals surface area contributed by atoms with E-state index in [4.69, 9.17) is 14.2 Å². The van der Waals surface area contributed by atoms with Crippen LogP contribution in [0, 0.1) is 0 Å². The third-order valence-corrected chi connectivity index (χ3v) is 4.41. The molecule has 0 unspecified atom stereocenters. The summed E-state index contributed by atoms with van der Waals surface area (Å²) in [6.07, 6.45) is 0.957. The van der Waals surface area contributed by atoms with E-state index < -0.39 is 0 Å². The lowest BCUT2D eigenvalue weighted by Gasteiger charge is -2.06. The Morgan fingerprint density at radius 1 is 1.32 bits per heavy atom. The van der Waals surface area contributed by atoms with Crippen LogP contribution in [0.3, 0.4) is 0 Å². The molecule has 3 rings (SSSR count). The van der Waals surface area contributed by atoms with Gasteiger partial charge in [-0.25, -0.2) is 0 Å². The van der Waals surface area contributed by atoms with Crippen molar-refractivity contribution < 1.29 is 14.2 Å². The van der Waals surface area contributed by atoms with Gasteiger partial charge in [0.1, 0.15) is 11.3 Å². The second-order valence-corrected chi connectivity index (χ2v) is 5.95. The van der Waals surface area contributed by atoms with Crippen molar-refractivity contribution in [2.24, 2.45) is 0 Å². The summed E-state index contributed by atoms with van der Waals surface area (Å²) in [5.41, 5.74) is 1.74. The van der Waals surface area contributed by atoms with Crippen molar-refractivity contribution in [3.8, 4) is 17.2 Å². The highest BCUT2D eigenvalue weighted by molar-refractivity contribution is 8.00. The van der Waals surface area contributed by atoms with Gasteiger partial charge < -0.3 is 14.2 Å². The molecule has 2 aromatic rings. The van der Waals surface area contributed by atoms with E-state index in [1.54, 1.807) is 28.6 Å². The topological polar surface area (TPSA) is 53.5 Å². The predicted molar refractivity (Wildman–Crippen MR) is 73.3 cm³/mol. The number of fused-ring (bicyclic) bond motifs is 1. The highest BCUT2D eigenvalue weighted by Crippen LogP contribution is 2.35. The van der Waals surface area contributed by atoms with Gasteiger partial charge in [0.2, 0.25) is 6.79 Å². The van der Waals surface area contributed by atoms with Crippen LogP contribution in [0.25, 0.3) is 0 Å². The smallest absolute Gasteiger partial charge is 0.231 e. The van der Waals surface area contributed by atoms with Gasteiger partial charge in [-0.15, -0.1) is 10.2 Å². The van der Waals surface area contributed by atoms with Crippen LogP contribution in [0.15, 0.2) is 28.0 Å². The molecule has 0 fully saturated rings. The van der Waals surface area contributed by atoms with Crippen LogP contribution in [-0.2, 0) is 0 Å². The maximum atomic E-state index is 5.67. The van der Waals surface area contributed by atoms with Crippen molar-refractivity contribution in [1.29, 1.82) is 0 Å². The van der Waals surface area contributed by atoms with Gasteiger partial charge >= 0.3 is 0 Å². The third kappa shape index (κ3) is 3.30. The minimum absolute atomic E-state index is 0.289. The molecule has 19 heavy (non-hydrogen) atoms. The van der Waals surface area contributed by atoms with E-state index in [0.717, 1.165) is 33.8 Å². The molecule has 1 aromatic carbocycles. The Balaban J connectivity index is 1.40. The second-order valence-electron chi connectivity index (χ2n) is 3.77. The number of ether oxygens (including phenoxy) is 3. The first-order valence-corrected chi connectivity index (χ1v) is 7.70. The SMILES string of the molecule is c1nnc(SCCCOc2ccc3c(c2)OCO3)s1. The number of hydrogen-bond acceptors (Lipinski definition) is 7. The normalized spacial score (nSPS) is 12.6. The molecule has 0 spiro atoms. The Bertz CT molecular complexity index is 534. The average molecular weight is 296 g/mol. The average Bonchev–Trinajstić information content (AvgIpc) is 3.08. The minimum Gasteiger partial charge on any atom is -0.493 e. The van der Waals surface area contributed by atoms with Crippen LogP contribution >= 0.6 is 23.1 Å². The van der Waals surface area contributed by atoms with Gasteiger partial charge in [0.15, 0.2) is 15.8 Å². The van der Waals surface area contributed by atoms with E-state index in [2.05, 4.69) is 10.2 Å². The Hall–Kier alpha value is -1.47. The minimum atomic E-state index is 0.289. The van der Waals surface area contributed by atoms with Crippen molar-refractivity contribution in [2.45, 2.75) is 10.8 Å². The summed E-state index contributed by atoms with van der Waals surface area (Å²) in [7, 11) is 0. The molecule has 0 saturated heterocycles. The quantitative estimate of drug-likeness (QED) is 0.603. The van der Waals surface area contributed by atoms with Crippen molar-refractivity contribution >= 4 is 23.1 Å². The van der Waals surface area contributed by atoms with Crippen LogP contribution in [0.1, 0.15) is 6.42 Å². The molecule has 0 saturated carbocycles. The van der Waals surface area contributed by atoms with Crippen molar-refractivity contribution in [3.05, 3.63) is 23.7 Å². The molecule has 5 nitrogen and oxygen atoms in total. The lowest BCUT2D eigenvalue weighted by atomic mass is 10.3. The Kier molecular flexibility index (Phi) is 4.04. The molecular formula is C12H12N2O3S2. The second kappa shape index (κ2) is 6.12. The summed E-state index contributed by atoms with van der Waals surface area (Å²) < 4.78 is 17.2. The van der Waals surface area contributed by atoms with E-state index in [9.17, 15) is 0 Å². The molecule has 1 aliphatic rings. The molecule has 0 amide bonds. The summed E-state index contributed by atoms with van der Waals surface area (Å²) in [6.45, 7) is 0.961. The summed E-state index contributed by atoms with van der Waals surface area (Å²) >= 11 is 3.26. The zero-order valence-electron chi connectivity index (χ0n) is 10.1. The van der Waals surface area contributed by atoms with Crippen LogP contribution in [-0.4, -0.2) is 29.4 Å². The summed E-state index contributed by atoms with van der Waals surface area (Å²) in [5, 5.41) is 7.76. The van der Waals surface area contributed by atoms with E-state index in [-0.39, 0.29) is 6.79 Å². The fourth-order valence-electron chi connectivity index (χ4n) is 1.60. The molecule has 100 valence electrons. The fourth-order valence-corrected chi connectivity index (χ4v) is 3.07. The number of nitrogens with zero attached hydrogens (tertiary/aromatic N) is 2. The first kappa shape index (κ1) is 12.6. The highest BCUT2D eigenvalue weighted by atomic mass is 32.2. The van der Waals surface area contributed by atoms with Gasteiger partial charge in [-0.1, -0.05) is 23.1 Å². The molecule has 2 heterocycles. The summed E-state index contributed by atoms with van der Waals surface area (Å²) in [6, 6.07) is 5.62. The first-order chi connectivity index (χ1) is 9.42. The Labute approximate surface area is 118 Å². The molecule has 7 heteroatoms. The molecule has 0 N–H and O–H groups in total. The number of rotatable bonds is 6. The summed E-state index contributed by atoms with van der Waals surface area (Å²) in [4.78, 5) is 0. The Morgan fingerprint density at radius 2 is 2.26 bits per heavy atom. The third-order valence-electron chi connectivity index (χ3n) is 2.47. The summed E-state index contributed by atoms with van der Waals surface area (Å²) in [5.74, 6) is 3.31. The van der Waals surface area contributed by atoms with Gasteiger partial charge in [-0.3, -0.25) is 0 Å². The van der Waals surface area contributed by atoms with Gasteiger partial charge in [-0.05, 0) is 18.6 Å². The van der Waals surface area contributed by atoms with Gasteiger partial charge in [0.05, 0.1) is 6.61 Å². The molecule has 1 aromatic heterocycles. The monoisotopic (exact) mass is 296 g/mol. The van der Waals surface area contributed by atoms with E-state index in [1.165, 1.54) is 0 Å². The van der Waals surface area contributed by atoms with Gasteiger partial charge in [-0.2, -0.15) is 0 Å². The van der Waals surface area contributed by atoms with E-state index >= 15 is 0 Å². The largest absolute Gasteiger partial charge is 0.493 e. The molecule has 0 radical (unpaired) electrons. The Morgan fingerprint density at radius 3 is 3.16 bits per heavy atom. The molecule has 1 aliphatic heterocycles. The van der Waals surface area contributed by atoms with Crippen molar-refractivity contribution in [1.82, 2.24) is 10.2 Å². The maximum Gasteiger partial charge on any atom is 0.231 e. The zero-order chi connectivity index (χ0) is 12.9. The lowest BCUT2D eigenvalue weighted by Crippen LogP contribution is -1.98. The predicted octanol–water partition coefficient (Wildman–Crippen LogP) is 2.83. The molecule has 0 aliphatic carbocycles. The number of hydrogen-bond donors (Lipinski definition) is 0. The molecular weight excluding hydrogens is 284 g/mol. The zero-order valence-corrected chi connectivity index (χ0v) is 11.7. The number of thioether (sulfide) groups is 1. The maximum absolute atomic E-state index is 5.67. The van der Waals surface area contributed by atoms with Gasteiger partial charge in [0.25, 0.3) is 0 Å². The molecule has 0 bridgehead atoms. The number of benzene rings is 1. The van der Waals surface area contributed by atoms with Crippen molar-refractivity contribution in [2.75, 3.05) is 19.2 Å². The van der Waals surface area contributed by atoms with E-state index in [0.29, 0.717) is 6.61 Å². The van der Waals surface area contributed by atoms with Crippen LogP contribution < -0.4 is 14.2 Å². The van der Waals surface area contributed by atoms with Crippen molar-refractivity contribution in [3.63, 3.8) is 0 Å². The fraction of sp³-hybridized carbons (Fsp3) is 0.333.